The summed E-state index contributed by atoms with van der Waals surface area (Å²) in [4.78, 5) is 12.2. The van der Waals surface area contributed by atoms with Gasteiger partial charge in [-0.15, -0.1) is 0 Å². The molecule has 2 N–H and O–H groups in total. The zero-order valence-electron chi connectivity index (χ0n) is 18.0. The number of benzene rings is 1. The summed E-state index contributed by atoms with van der Waals surface area (Å²) in [5.41, 5.74) is 0.554. The van der Waals surface area contributed by atoms with Crippen LogP contribution in [0.25, 0.3) is 0 Å². The monoisotopic (exact) mass is 480 g/mol. The van der Waals surface area contributed by atoms with E-state index in [1.165, 1.54) is 82.1 Å². The van der Waals surface area contributed by atoms with Gasteiger partial charge in [-0.25, -0.2) is 4.39 Å². The molecular formula is C23H36Cl3FN2O. The number of carbonyl (C=O) groups excluding carboxylic acids is 1. The van der Waals surface area contributed by atoms with E-state index in [9.17, 15) is 9.18 Å². The summed E-state index contributed by atoms with van der Waals surface area (Å²) in [6.45, 7) is 2.24. The van der Waals surface area contributed by atoms with Gasteiger partial charge in [0.15, 0.2) is 0 Å². The second-order valence-corrected chi connectivity index (χ2v) is 10.2. The van der Waals surface area contributed by atoms with E-state index in [1.54, 1.807) is 0 Å². The lowest BCUT2D eigenvalue weighted by Gasteiger charge is -2.27. The fraction of sp³-hybridized carbons (Fsp3) is 0.696. The number of alkyl halides is 3. The molecule has 1 aromatic carbocycles. The van der Waals surface area contributed by atoms with Crippen LogP contribution < -0.4 is 10.6 Å². The van der Waals surface area contributed by atoms with Crippen molar-refractivity contribution in [2.75, 3.05) is 5.32 Å². The number of carbonyl (C=O) groups is 1. The van der Waals surface area contributed by atoms with Crippen molar-refractivity contribution in [2.45, 2.75) is 100 Å². The number of amides is 1. The Hall–Kier alpha value is -0.710. The van der Waals surface area contributed by atoms with Crippen molar-refractivity contribution >= 4 is 46.4 Å². The molecule has 0 aliphatic rings. The van der Waals surface area contributed by atoms with Gasteiger partial charge in [0, 0.05) is 12.1 Å². The predicted octanol–water partition coefficient (Wildman–Crippen LogP) is 8.14. The van der Waals surface area contributed by atoms with Gasteiger partial charge in [-0.1, -0.05) is 112 Å². The highest BCUT2D eigenvalue weighted by atomic mass is 35.6. The van der Waals surface area contributed by atoms with Crippen molar-refractivity contribution in [3.8, 4) is 0 Å². The molecule has 0 saturated heterocycles. The Morgan fingerprint density at radius 3 is 1.80 bits per heavy atom. The molecule has 1 amide bonds. The summed E-state index contributed by atoms with van der Waals surface area (Å²) in [6.07, 6.45) is 14.4. The molecule has 0 unspecified atom stereocenters. The number of hydrogen-bond acceptors (Lipinski definition) is 2. The molecule has 1 rings (SSSR count). The van der Waals surface area contributed by atoms with Crippen LogP contribution in [0.4, 0.5) is 10.1 Å². The van der Waals surface area contributed by atoms with Gasteiger partial charge in [0.2, 0.25) is 9.70 Å². The van der Waals surface area contributed by atoms with E-state index in [1.807, 2.05) is 0 Å². The zero-order chi connectivity index (χ0) is 22.2. The predicted molar refractivity (Wildman–Crippen MR) is 128 cm³/mol. The van der Waals surface area contributed by atoms with E-state index in [0.29, 0.717) is 12.1 Å². The Morgan fingerprint density at radius 1 is 0.867 bits per heavy atom. The van der Waals surface area contributed by atoms with E-state index in [0.717, 1.165) is 19.3 Å². The summed E-state index contributed by atoms with van der Waals surface area (Å²) < 4.78 is 11.3. The third kappa shape index (κ3) is 13.6. The van der Waals surface area contributed by atoms with E-state index < -0.39 is 9.96 Å². The number of unbranched alkanes of at least 4 members (excludes halogenated alkanes) is 11. The molecule has 0 saturated carbocycles. The lowest BCUT2D eigenvalue weighted by atomic mass is 10.0. The number of halogens is 4. The van der Waals surface area contributed by atoms with Gasteiger partial charge in [0.1, 0.15) is 12.0 Å². The van der Waals surface area contributed by atoms with Crippen molar-refractivity contribution in [3.63, 3.8) is 0 Å². The van der Waals surface area contributed by atoms with E-state index in [2.05, 4.69) is 17.6 Å². The Labute approximate surface area is 196 Å². The summed E-state index contributed by atoms with van der Waals surface area (Å²) in [5.74, 6) is -0.532. The van der Waals surface area contributed by atoms with Crippen LogP contribution in [-0.4, -0.2) is 15.9 Å². The van der Waals surface area contributed by atoms with Crippen LogP contribution in [0.1, 0.15) is 90.4 Å². The highest BCUT2D eigenvalue weighted by Gasteiger charge is 2.33. The van der Waals surface area contributed by atoms with E-state index in [4.69, 9.17) is 34.8 Å². The van der Waals surface area contributed by atoms with Crippen molar-refractivity contribution in [1.82, 2.24) is 5.32 Å². The number of anilines is 1. The van der Waals surface area contributed by atoms with Crippen LogP contribution >= 0.6 is 34.8 Å². The summed E-state index contributed by atoms with van der Waals surface area (Å²) in [7, 11) is 0. The average Bonchev–Trinajstić information content (AvgIpc) is 2.69. The van der Waals surface area contributed by atoms with Gasteiger partial charge < -0.3 is 10.6 Å². The van der Waals surface area contributed by atoms with Crippen molar-refractivity contribution in [3.05, 3.63) is 30.1 Å². The Bertz CT molecular complexity index is 579. The Kier molecular flexibility index (Phi) is 14.6. The minimum absolute atomic E-state index is 0.173. The van der Waals surface area contributed by atoms with Gasteiger partial charge in [0.05, 0.1) is 0 Å². The smallest absolute Gasteiger partial charge is 0.228 e. The minimum atomic E-state index is -1.74. The molecular weight excluding hydrogens is 446 g/mol. The molecule has 0 aliphatic heterocycles. The largest absolute Gasteiger partial charge is 0.362 e. The number of hydrogen-bond donors (Lipinski definition) is 2. The SMILES string of the molecule is CCCCCCCCCCCCCCC(=O)N[C@@H](Nc1ccc(F)cc1)C(Cl)(Cl)Cl. The fourth-order valence-electron chi connectivity index (χ4n) is 3.27. The second-order valence-electron chi connectivity index (χ2n) is 7.83. The lowest BCUT2D eigenvalue weighted by Crippen LogP contribution is -2.49. The highest BCUT2D eigenvalue weighted by Crippen LogP contribution is 2.31. The summed E-state index contributed by atoms with van der Waals surface area (Å²) >= 11 is 18.0. The third-order valence-corrected chi connectivity index (χ3v) is 5.70. The lowest BCUT2D eigenvalue weighted by molar-refractivity contribution is -0.121. The maximum absolute atomic E-state index is 13.0. The van der Waals surface area contributed by atoms with Crippen molar-refractivity contribution in [1.29, 1.82) is 0 Å². The molecule has 30 heavy (non-hydrogen) atoms. The van der Waals surface area contributed by atoms with Gasteiger partial charge in [-0.05, 0) is 30.7 Å². The molecule has 0 fully saturated rings. The maximum Gasteiger partial charge on any atom is 0.228 e. The standard InChI is InChI=1S/C23H36Cl3FN2O/c1-2-3-4-5-6-7-8-9-10-11-12-13-14-21(30)29-22(23(24,25)26)28-20-17-15-19(27)16-18-20/h15-18,22,28H,2-14H2,1H3,(H,29,30)/t22-/m1/s1. The van der Waals surface area contributed by atoms with Gasteiger partial charge in [0.25, 0.3) is 0 Å². The summed E-state index contributed by atoms with van der Waals surface area (Å²) in [5, 5.41) is 5.65. The second kappa shape index (κ2) is 16.0. The van der Waals surface area contributed by atoms with Crippen molar-refractivity contribution in [2.24, 2.45) is 0 Å². The molecule has 172 valence electrons. The number of rotatable bonds is 16. The molecule has 0 aromatic heterocycles. The van der Waals surface area contributed by atoms with Crippen molar-refractivity contribution < 1.29 is 9.18 Å². The number of nitrogens with one attached hydrogen (secondary N) is 2. The van der Waals surface area contributed by atoms with Gasteiger partial charge in [-0.3, -0.25) is 4.79 Å². The topological polar surface area (TPSA) is 41.1 Å². The first kappa shape index (κ1) is 27.3. The first-order valence-electron chi connectivity index (χ1n) is 11.2. The quantitative estimate of drug-likeness (QED) is 0.142. The Balaban J connectivity index is 2.15. The molecule has 0 heterocycles. The normalized spacial score (nSPS) is 12.6. The van der Waals surface area contributed by atoms with Crippen LogP contribution in [0.5, 0.6) is 0 Å². The molecule has 0 radical (unpaired) electrons. The van der Waals surface area contributed by atoms with Gasteiger partial charge >= 0.3 is 0 Å². The van der Waals surface area contributed by atoms with E-state index >= 15 is 0 Å². The first-order valence-corrected chi connectivity index (χ1v) is 12.3. The molecule has 0 bridgehead atoms. The average molecular weight is 482 g/mol. The van der Waals surface area contributed by atoms with Crippen LogP contribution in [0.15, 0.2) is 24.3 Å². The van der Waals surface area contributed by atoms with Crippen LogP contribution in [0, 0.1) is 5.82 Å². The van der Waals surface area contributed by atoms with E-state index in [-0.39, 0.29) is 11.7 Å². The summed E-state index contributed by atoms with van der Waals surface area (Å²) in [6, 6.07) is 5.64. The molecule has 1 aromatic rings. The Morgan fingerprint density at radius 2 is 1.33 bits per heavy atom. The van der Waals surface area contributed by atoms with Crippen LogP contribution in [-0.2, 0) is 4.79 Å². The third-order valence-electron chi connectivity index (χ3n) is 5.05. The molecule has 0 spiro atoms. The van der Waals surface area contributed by atoms with Crippen LogP contribution in [0.3, 0.4) is 0 Å². The molecule has 0 aliphatic carbocycles. The first-order chi connectivity index (χ1) is 14.3. The molecule has 7 heteroatoms. The fourth-order valence-corrected chi connectivity index (χ4v) is 3.60. The highest BCUT2D eigenvalue weighted by molar-refractivity contribution is 6.68. The zero-order valence-corrected chi connectivity index (χ0v) is 20.3. The molecule has 3 nitrogen and oxygen atoms in total. The molecule has 1 atom stereocenters. The van der Waals surface area contributed by atoms with Crippen LogP contribution in [0.2, 0.25) is 0 Å². The van der Waals surface area contributed by atoms with Gasteiger partial charge in [-0.2, -0.15) is 0 Å². The maximum atomic E-state index is 13.0. The minimum Gasteiger partial charge on any atom is -0.362 e.